The molecule has 120 valence electrons. The molecule has 1 unspecified atom stereocenters. The molecule has 3 aromatic rings. The fourth-order valence-corrected chi connectivity index (χ4v) is 2.79. The highest BCUT2D eigenvalue weighted by Gasteiger charge is 2.27. The molecule has 0 fully saturated rings. The number of carbonyl (C=O) groups excluding carboxylic acids is 1. The van der Waals surface area contributed by atoms with Gasteiger partial charge in [0.1, 0.15) is 0 Å². The summed E-state index contributed by atoms with van der Waals surface area (Å²) in [5, 5.41) is 10.8. The fraction of sp³-hybridized carbons (Fsp3) is 0.136. The van der Waals surface area contributed by atoms with E-state index in [1.807, 2.05) is 72.8 Å². The smallest absolute Gasteiger partial charge is 0.166 e. The molecule has 0 saturated heterocycles. The summed E-state index contributed by atoms with van der Waals surface area (Å²) in [6.07, 6.45) is 0.0572. The molecule has 2 heteroatoms. The van der Waals surface area contributed by atoms with Crippen molar-refractivity contribution < 1.29 is 9.90 Å². The first-order valence-electron chi connectivity index (χ1n) is 8.03. The van der Waals surface area contributed by atoms with E-state index in [1.165, 1.54) is 0 Å². The summed E-state index contributed by atoms with van der Waals surface area (Å²) in [7, 11) is 0. The second-order valence-electron chi connectivity index (χ2n) is 6.18. The third-order valence-corrected chi connectivity index (χ3v) is 4.21. The number of rotatable bonds is 5. The Kier molecular flexibility index (Phi) is 4.59. The van der Waals surface area contributed by atoms with E-state index in [2.05, 4.69) is 0 Å². The zero-order chi connectivity index (χ0) is 17.0. The molecule has 0 aromatic heterocycles. The topological polar surface area (TPSA) is 37.3 Å². The molecule has 0 radical (unpaired) electrons. The highest BCUT2D eigenvalue weighted by molar-refractivity contribution is 5.96. The van der Waals surface area contributed by atoms with Crippen LogP contribution in [-0.4, -0.2) is 10.9 Å². The van der Waals surface area contributed by atoms with E-state index in [9.17, 15) is 9.90 Å². The maximum absolute atomic E-state index is 12.4. The van der Waals surface area contributed by atoms with E-state index in [0.29, 0.717) is 5.56 Å². The summed E-state index contributed by atoms with van der Waals surface area (Å²) < 4.78 is 0. The lowest BCUT2D eigenvalue weighted by Gasteiger charge is -2.23. The molecule has 0 saturated carbocycles. The van der Waals surface area contributed by atoms with E-state index in [1.54, 1.807) is 19.1 Å². The van der Waals surface area contributed by atoms with E-state index in [4.69, 9.17) is 0 Å². The summed E-state index contributed by atoms with van der Waals surface area (Å²) >= 11 is 0. The molecule has 3 rings (SSSR count). The Morgan fingerprint density at radius 1 is 0.792 bits per heavy atom. The van der Waals surface area contributed by atoms with Crippen LogP contribution in [0.5, 0.6) is 0 Å². The lowest BCUT2D eigenvalue weighted by molar-refractivity contribution is 0.0431. The van der Waals surface area contributed by atoms with Crippen molar-refractivity contribution in [3.05, 3.63) is 96.1 Å². The number of ketones is 1. The first-order valence-corrected chi connectivity index (χ1v) is 8.03. The number of aliphatic hydroxyl groups is 1. The standard InChI is InChI=1S/C22H20O2/c1-22(24,16-21(23)19-10-6-3-7-11-19)20-14-12-18(13-15-20)17-8-4-2-5-9-17/h2-15,24H,16H2,1H3. The Bertz CT molecular complexity index is 804. The largest absolute Gasteiger partial charge is 0.385 e. The van der Waals surface area contributed by atoms with Crippen LogP contribution in [0.1, 0.15) is 29.3 Å². The van der Waals surface area contributed by atoms with Crippen molar-refractivity contribution in [3.63, 3.8) is 0 Å². The molecule has 0 bridgehead atoms. The molecule has 0 aliphatic heterocycles. The van der Waals surface area contributed by atoms with E-state index in [-0.39, 0.29) is 12.2 Å². The quantitative estimate of drug-likeness (QED) is 0.684. The first-order chi connectivity index (χ1) is 11.6. The van der Waals surface area contributed by atoms with Crippen LogP contribution in [-0.2, 0) is 5.60 Å². The van der Waals surface area contributed by atoms with E-state index < -0.39 is 5.60 Å². The molecular weight excluding hydrogens is 296 g/mol. The Morgan fingerprint density at radius 2 is 1.29 bits per heavy atom. The lowest BCUT2D eigenvalue weighted by Crippen LogP contribution is -2.25. The van der Waals surface area contributed by atoms with Crippen LogP contribution in [0, 0.1) is 0 Å². The van der Waals surface area contributed by atoms with Gasteiger partial charge in [0.2, 0.25) is 0 Å². The van der Waals surface area contributed by atoms with Gasteiger partial charge in [-0.15, -0.1) is 0 Å². The molecule has 0 aliphatic rings. The van der Waals surface area contributed by atoms with E-state index in [0.717, 1.165) is 16.7 Å². The van der Waals surface area contributed by atoms with Gasteiger partial charge >= 0.3 is 0 Å². The Labute approximate surface area is 142 Å². The number of hydrogen-bond donors (Lipinski definition) is 1. The minimum atomic E-state index is -1.19. The molecule has 0 heterocycles. The van der Waals surface area contributed by atoms with Crippen molar-refractivity contribution >= 4 is 5.78 Å². The molecule has 24 heavy (non-hydrogen) atoms. The monoisotopic (exact) mass is 316 g/mol. The Balaban J connectivity index is 1.78. The summed E-state index contributed by atoms with van der Waals surface area (Å²) in [4.78, 5) is 12.4. The van der Waals surface area contributed by atoms with Gasteiger partial charge in [-0.25, -0.2) is 0 Å². The number of benzene rings is 3. The van der Waals surface area contributed by atoms with Crippen LogP contribution in [0.25, 0.3) is 11.1 Å². The van der Waals surface area contributed by atoms with Crippen molar-refractivity contribution in [1.82, 2.24) is 0 Å². The summed E-state index contributed by atoms with van der Waals surface area (Å²) in [6.45, 7) is 1.69. The third-order valence-electron chi connectivity index (χ3n) is 4.21. The molecule has 1 atom stereocenters. The van der Waals surface area contributed by atoms with Crippen molar-refractivity contribution in [3.8, 4) is 11.1 Å². The van der Waals surface area contributed by atoms with Crippen LogP contribution in [0.4, 0.5) is 0 Å². The highest BCUT2D eigenvalue weighted by atomic mass is 16.3. The lowest BCUT2D eigenvalue weighted by atomic mass is 9.88. The van der Waals surface area contributed by atoms with Crippen LogP contribution < -0.4 is 0 Å². The summed E-state index contributed by atoms with van der Waals surface area (Å²) in [5.41, 5.74) is 2.39. The highest BCUT2D eigenvalue weighted by Crippen LogP contribution is 2.28. The van der Waals surface area contributed by atoms with Crippen LogP contribution >= 0.6 is 0 Å². The molecule has 3 aromatic carbocycles. The van der Waals surface area contributed by atoms with Gasteiger partial charge in [0.05, 0.1) is 5.60 Å². The second kappa shape index (κ2) is 6.81. The fourth-order valence-electron chi connectivity index (χ4n) is 2.79. The number of Topliss-reactive ketones (excluding diaryl/α,β-unsaturated/α-hetero) is 1. The van der Waals surface area contributed by atoms with Crippen molar-refractivity contribution in [2.24, 2.45) is 0 Å². The molecule has 1 N–H and O–H groups in total. The predicted octanol–water partition coefficient (Wildman–Crippen LogP) is 4.83. The van der Waals surface area contributed by atoms with Gasteiger partial charge in [0.25, 0.3) is 0 Å². The molecule has 2 nitrogen and oxygen atoms in total. The van der Waals surface area contributed by atoms with Crippen LogP contribution in [0.2, 0.25) is 0 Å². The van der Waals surface area contributed by atoms with Crippen molar-refractivity contribution in [1.29, 1.82) is 0 Å². The predicted molar refractivity (Wildman–Crippen MR) is 96.8 cm³/mol. The van der Waals surface area contributed by atoms with Crippen molar-refractivity contribution in [2.45, 2.75) is 18.9 Å². The average Bonchev–Trinajstić information content (AvgIpc) is 2.63. The SMILES string of the molecule is CC(O)(CC(=O)c1ccccc1)c1ccc(-c2ccccc2)cc1. The van der Waals surface area contributed by atoms with Gasteiger partial charge in [-0.1, -0.05) is 84.9 Å². The number of hydrogen-bond acceptors (Lipinski definition) is 2. The Morgan fingerprint density at radius 3 is 1.88 bits per heavy atom. The summed E-state index contributed by atoms with van der Waals surface area (Å²) in [6, 6.07) is 26.9. The normalized spacial score (nSPS) is 13.2. The molecule has 0 aliphatic carbocycles. The molecule has 0 amide bonds. The van der Waals surface area contributed by atoms with Gasteiger partial charge < -0.3 is 5.11 Å². The van der Waals surface area contributed by atoms with Gasteiger partial charge in [-0.2, -0.15) is 0 Å². The minimum absolute atomic E-state index is 0.0572. The third kappa shape index (κ3) is 3.61. The van der Waals surface area contributed by atoms with Gasteiger partial charge in [-0.05, 0) is 23.6 Å². The van der Waals surface area contributed by atoms with Crippen LogP contribution in [0.15, 0.2) is 84.9 Å². The van der Waals surface area contributed by atoms with Gasteiger partial charge in [0, 0.05) is 12.0 Å². The second-order valence-corrected chi connectivity index (χ2v) is 6.18. The maximum atomic E-state index is 12.4. The van der Waals surface area contributed by atoms with Crippen LogP contribution in [0.3, 0.4) is 0 Å². The van der Waals surface area contributed by atoms with Gasteiger partial charge in [0.15, 0.2) is 5.78 Å². The van der Waals surface area contributed by atoms with Gasteiger partial charge in [-0.3, -0.25) is 4.79 Å². The molecule has 0 spiro atoms. The maximum Gasteiger partial charge on any atom is 0.166 e. The molecular formula is C22H20O2. The zero-order valence-corrected chi connectivity index (χ0v) is 13.6. The zero-order valence-electron chi connectivity index (χ0n) is 13.6. The van der Waals surface area contributed by atoms with Crippen molar-refractivity contribution in [2.75, 3.05) is 0 Å². The Hall–Kier alpha value is -2.71. The summed E-state index contributed by atoms with van der Waals surface area (Å²) in [5.74, 6) is -0.0623. The first kappa shape index (κ1) is 16.2. The number of carbonyl (C=O) groups is 1. The minimum Gasteiger partial charge on any atom is -0.385 e. The van der Waals surface area contributed by atoms with E-state index >= 15 is 0 Å². The average molecular weight is 316 g/mol.